The number of allylic oxidation sites excluding steroid dienone is 2. The van der Waals surface area contributed by atoms with Crippen LogP contribution in [0.25, 0.3) is 6.08 Å². The lowest BCUT2D eigenvalue weighted by Gasteiger charge is -2.36. The van der Waals surface area contributed by atoms with E-state index in [0.29, 0.717) is 17.0 Å². The predicted molar refractivity (Wildman–Crippen MR) is 152 cm³/mol. The fraction of sp³-hybridized carbons (Fsp3) is 0.379. The van der Waals surface area contributed by atoms with Crippen molar-refractivity contribution in [3.8, 4) is 0 Å². The van der Waals surface area contributed by atoms with Gasteiger partial charge in [-0.05, 0) is 86.5 Å². The van der Waals surface area contributed by atoms with Crippen LogP contribution in [0.3, 0.4) is 0 Å². The van der Waals surface area contributed by atoms with E-state index in [-0.39, 0.29) is 5.82 Å². The van der Waals surface area contributed by atoms with E-state index in [2.05, 4.69) is 35.4 Å². The van der Waals surface area contributed by atoms with Gasteiger partial charge in [-0.25, -0.2) is 4.39 Å². The molecule has 1 aliphatic rings. The van der Waals surface area contributed by atoms with Crippen LogP contribution in [0.15, 0.2) is 71.9 Å². The second-order valence-electron chi connectivity index (χ2n) is 8.76. The van der Waals surface area contributed by atoms with Gasteiger partial charge in [0.2, 0.25) is 0 Å². The number of nitrogens with zero attached hydrogens (tertiary/aromatic N) is 1. The van der Waals surface area contributed by atoms with E-state index in [1.807, 2.05) is 43.3 Å². The van der Waals surface area contributed by atoms with Gasteiger partial charge in [-0.2, -0.15) is 0 Å². The maximum atomic E-state index is 14.0. The van der Waals surface area contributed by atoms with Gasteiger partial charge in [0, 0.05) is 30.3 Å². The molecule has 2 aromatic rings. The third-order valence-corrected chi connectivity index (χ3v) is 6.69. The maximum absolute atomic E-state index is 14.0. The molecule has 1 saturated heterocycles. The average Bonchev–Trinajstić information content (AvgIpc) is 2.86. The summed E-state index contributed by atoms with van der Waals surface area (Å²) in [5, 5.41) is 4.55. The van der Waals surface area contributed by atoms with Crippen LogP contribution in [0.4, 0.5) is 10.1 Å². The first-order chi connectivity index (χ1) is 16.8. The van der Waals surface area contributed by atoms with Crippen LogP contribution in [0.2, 0.25) is 5.02 Å². The van der Waals surface area contributed by atoms with Gasteiger partial charge in [-0.15, -0.1) is 0 Å². The molecule has 1 heterocycles. The summed E-state index contributed by atoms with van der Waals surface area (Å²) in [6.45, 7) is 9.87. The Morgan fingerprint density at radius 2 is 1.91 bits per heavy atom. The Balaban J connectivity index is 0.000000784. The summed E-state index contributed by atoms with van der Waals surface area (Å²) in [7, 11) is 0. The van der Waals surface area contributed by atoms with Crippen LogP contribution in [-0.2, 0) is 0 Å². The number of hydrogen-bond acceptors (Lipinski definition) is 3. The topological polar surface area (TPSA) is 41.3 Å². The quantitative estimate of drug-likeness (QED) is 0.275. The Morgan fingerprint density at radius 3 is 2.57 bits per heavy atom. The summed E-state index contributed by atoms with van der Waals surface area (Å²) in [6, 6.07) is 13.0. The average molecular weight is 519 g/mol. The molecule has 0 aliphatic carbocycles. The number of likely N-dealkylation sites (tertiary alicyclic amines) is 1. The Labute approximate surface area is 220 Å². The normalized spacial score (nSPS) is 17.9. The fourth-order valence-electron chi connectivity index (χ4n) is 4.19. The number of anilines is 1. The van der Waals surface area contributed by atoms with Gasteiger partial charge >= 0.3 is 0 Å². The lowest BCUT2D eigenvalue weighted by atomic mass is 9.81. The van der Waals surface area contributed by atoms with Gasteiger partial charge in [0.15, 0.2) is 0 Å². The van der Waals surface area contributed by atoms with Crippen LogP contribution in [0, 0.1) is 11.7 Å². The molecule has 1 aliphatic heterocycles. The molecule has 0 amide bonds. The van der Waals surface area contributed by atoms with Crippen molar-refractivity contribution in [3.05, 3.63) is 93.9 Å². The van der Waals surface area contributed by atoms with E-state index in [0.717, 1.165) is 48.0 Å². The molecule has 190 valence electrons. The zero-order valence-corrected chi connectivity index (χ0v) is 22.5. The second kappa shape index (κ2) is 15.7. The van der Waals surface area contributed by atoms with Gasteiger partial charge in [0.25, 0.3) is 0 Å². The Bertz CT molecular complexity index is 982. The van der Waals surface area contributed by atoms with Crippen molar-refractivity contribution in [1.82, 2.24) is 4.90 Å². The standard InChI is InChI=1S/C26H32ClFN2.C3H6ClN/c1-3-4-15-29-26-14-13-24(28)18-25(26)20(2)22-8-6-17-30(19-22)16-5-7-21-9-11-23(27)12-10-21;1-2-3(4)5/h3-5,7,9-14,18,20,22,29H,6,8,15-17,19H2,1-2H3;2H,5H2,1H3/b4-3+,7-5+;3-2-. The number of rotatable bonds is 8. The monoisotopic (exact) mass is 517 g/mol. The first-order valence-electron chi connectivity index (χ1n) is 12.2. The Morgan fingerprint density at radius 1 is 1.20 bits per heavy atom. The third-order valence-electron chi connectivity index (χ3n) is 6.22. The van der Waals surface area contributed by atoms with Gasteiger partial charge in [-0.3, -0.25) is 4.90 Å². The molecule has 3 N–H and O–H groups in total. The largest absolute Gasteiger partial charge is 0.390 e. The van der Waals surface area contributed by atoms with Crippen LogP contribution < -0.4 is 11.1 Å². The number of benzene rings is 2. The zero-order chi connectivity index (χ0) is 25.6. The van der Waals surface area contributed by atoms with Crippen molar-refractivity contribution >= 4 is 35.0 Å². The fourth-order valence-corrected chi connectivity index (χ4v) is 4.31. The van der Waals surface area contributed by atoms with Crippen LogP contribution in [-0.4, -0.2) is 31.1 Å². The van der Waals surface area contributed by atoms with Crippen molar-refractivity contribution < 1.29 is 4.39 Å². The number of piperidine rings is 1. The van der Waals surface area contributed by atoms with Gasteiger partial charge in [-0.1, -0.05) is 72.6 Å². The first kappa shape index (κ1) is 29.0. The molecule has 6 heteroatoms. The second-order valence-corrected chi connectivity index (χ2v) is 9.63. The van der Waals surface area contributed by atoms with Crippen molar-refractivity contribution in [2.24, 2.45) is 11.7 Å². The summed E-state index contributed by atoms with van der Waals surface area (Å²) in [5.74, 6) is 0.663. The van der Waals surface area contributed by atoms with E-state index in [4.69, 9.17) is 28.9 Å². The summed E-state index contributed by atoms with van der Waals surface area (Å²) in [5.41, 5.74) is 8.21. The zero-order valence-electron chi connectivity index (χ0n) is 21.0. The Kier molecular flexibility index (Phi) is 13.0. The number of halogens is 3. The molecule has 0 aromatic heterocycles. The number of nitrogens with one attached hydrogen (secondary N) is 1. The molecule has 0 bridgehead atoms. The van der Waals surface area contributed by atoms with Gasteiger partial charge in [0.05, 0.1) is 5.16 Å². The van der Waals surface area contributed by atoms with E-state index >= 15 is 0 Å². The van der Waals surface area contributed by atoms with E-state index in [9.17, 15) is 4.39 Å². The van der Waals surface area contributed by atoms with Gasteiger partial charge in [0.1, 0.15) is 5.82 Å². The molecule has 0 radical (unpaired) electrons. The van der Waals surface area contributed by atoms with Crippen molar-refractivity contribution in [2.75, 3.05) is 31.5 Å². The molecule has 2 atom stereocenters. The minimum atomic E-state index is -0.160. The SMILES string of the molecule is C/C=C(\N)Cl.C/C=C/CNc1ccc(F)cc1C(C)C1CCCN(C/C=C/c2ccc(Cl)cc2)C1. The summed E-state index contributed by atoms with van der Waals surface area (Å²) < 4.78 is 14.0. The first-order valence-corrected chi connectivity index (χ1v) is 13.0. The van der Waals surface area contributed by atoms with E-state index in [1.165, 1.54) is 12.8 Å². The highest BCUT2D eigenvalue weighted by atomic mass is 35.5. The van der Waals surface area contributed by atoms with Crippen LogP contribution in [0.1, 0.15) is 50.7 Å². The molecule has 3 nitrogen and oxygen atoms in total. The van der Waals surface area contributed by atoms with Crippen molar-refractivity contribution in [1.29, 1.82) is 0 Å². The van der Waals surface area contributed by atoms with Crippen LogP contribution in [0.5, 0.6) is 0 Å². The van der Waals surface area contributed by atoms with E-state index < -0.39 is 0 Å². The van der Waals surface area contributed by atoms with E-state index in [1.54, 1.807) is 25.1 Å². The summed E-state index contributed by atoms with van der Waals surface area (Å²) >= 11 is 11.1. The van der Waals surface area contributed by atoms with Crippen molar-refractivity contribution in [3.63, 3.8) is 0 Å². The Hall–Kier alpha value is -2.27. The molecule has 1 fully saturated rings. The maximum Gasteiger partial charge on any atom is 0.123 e. The van der Waals surface area contributed by atoms with Crippen molar-refractivity contribution in [2.45, 2.75) is 39.5 Å². The predicted octanol–water partition coefficient (Wildman–Crippen LogP) is 8.04. The molecule has 35 heavy (non-hydrogen) atoms. The lowest BCUT2D eigenvalue weighted by Crippen LogP contribution is -2.37. The molecule has 3 rings (SSSR count). The molecule has 0 spiro atoms. The minimum Gasteiger partial charge on any atom is -0.390 e. The molecular weight excluding hydrogens is 480 g/mol. The number of hydrogen-bond donors (Lipinski definition) is 2. The highest BCUT2D eigenvalue weighted by molar-refractivity contribution is 6.30. The molecule has 2 unspecified atom stereocenters. The lowest BCUT2D eigenvalue weighted by molar-refractivity contribution is 0.175. The van der Waals surface area contributed by atoms with Crippen LogP contribution >= 0.6 is 23.2 Å². The summed E-state index contributed by atoms with van der Waals surface area (Å²) in [6.07, 6.45) is 12.5. The molecule has 0 saturated carbocycles. The highest BCUT2D eigenvalue weighted by Crippen LogP contribution is 2.35. The molecule has 2 aromatic carbocycles. The summed E-state index contributed by atoms with van der Waals surface area (Å²) in [4.78, 5) is 2.50. The van der Waals surface area contributed by atoms with Gasteiger partial charge < -0.3 is 11.1 Å². The molecular formula is C29H38Cl2FN3. The highest BCUT2D eigenvalue weighted by Gasteiger charge is 2.26. The minimum absolute atomic E-state index is 0.160. The smallest absolute Gasteiger partial charge is 0.123 e. The third kappa shape index (κ3) is 10.5. The number of nitrogens with two attached hydrogens (primary N) is 1.